The molecule has 3 saturated carbocycles. The summed E-state index contributed by atoms with van der Waals surface area (Å²) in [5, 5.41) is 0. The van der Waals surface area contributed by atoms with E-state index in [2.05, 4.69) is 37.3 Å². The predicted molar refractivity (Wildman–Crippen MR) is 98.5 cm³/mol. The molecule has 4 unspecified atom stereocenters. The van der Waals surface area contributed by atoms with Crippen molar-refractivity contribution < 1.29 is 0 Å². The van der Waals surface area contributed by atoms with E-state index in [1.54, 1.807) is 18.4 Å². The van der Waals surface area contributed by atoms with Crippen molar-refractivity contribution >= 4 is 0 Å². The zero-order valence-electron chi connectivity index (χ0n) is 14.9. The van der Waals surface area contributed by atoms with Crippen molar-refractivity contribution in [1.82, 2.24) is 0 Å². The van der Waals surface area contributed by atoms with E-state index in [0.29, 0.717) is 0 Å². The molecule has 3 aliphatic carbocycles. The molecule has 1 aromatic rings. The van der Waals surface area contributed by atoms with Gasteiger partial charge in [-0.25, -0.2) is 0 Å². The first-order valence-electron chi connectivity index (χ1n) is 10.3. The van der Waals surface area contributed by atoms with Crippen LogP contribution >= 0.6 is 0 Å². The van der Waals surface area contributed by atoms with E-state index < -0.39 is 0 Å². The minimum Gasteiger partial charge on any atom is -0.0625 e. The fourth-order valence-corrected chi connectivity index (χ4v) is 6.14. The van der Waals surface area contributed by atoms with Crippen molar-refractivity contribution in [3.8, 4) is 0 Å². The second kappa shape index (κ2) is 6.99. The summed E-state index contributed by atoms with van der Waals surface area (Å²) in [4.78, 5) is 0. The summed E-state index contributed by atoms with van der Waals surface area (Å²) >= 11 is 0. The van der Waals surface area contributed by atoms with Crippen LogP contribution < -0.4 is 0 Å². The maximum Gasteiger partial charge on any atom is -0.0159 e. The summed E-state index contributed by atoms with van der Waals surface area (Å²) < 4.78 is 0. The summed E-state index contributed by atoms with van der Waals surface area (Å²) in [6.07, 6.45) is 15.2. The van der Waals surface area contributed by atoms with E-state index in [9.17, 15) is 0 Å². The van der Waals surface area contributed by atoms with Gasteiger partial charge >= 0.3 is 0 Å². The maximum absolute atomic E-state index is 2.46. The monoisotopic (exact) mass is 310 g/mol. The van der Waals surface area contributed by atoms with Gasteiger partial charge in [-0.2, -0.15) is 0 Å². The molecule has 3 fully saturated rings. The molecule has 1 aromatic carbocycles. The summed E-state index contributed by atoms with van der Waals surface area (Å²) in [6, 6.07) is 11.3. The van der Waals surface area contributed by atoms with Gasteiger partial charge in [0.15, 0.2) is 0 Å². The van der Waals surface area contributed by atoms with Gasteiger partial charge in [0.1, 0.15) is 0 Å². The molecule has 23 heavy (non-hydrogen) atoms. The second-order valence-corrected chi connectivity index (χ2v) is 9.03. The van der Waals surface area contributed by atoms with E-state index in [1.165, 1.54) is 51.4 Å². The van der Waals surface area contributed by atoms with Crippen LogP contribution in [0.5, 0.6) is 0 Å². The lowest BCUT2D eigenvalue weighted by Crippen LogP contribution is -2.34. The number of rotatable bonds is 2. The lowest BCUT2D eigenvalue weighted by Gasteiger charge is -2.45. The zero-order valence-corrected chi connectivity index (χ0v) is 14.9. The zero-order chi connectivity index (χ0) is 15.6. The minimum absolute atomic E-state index is 0.851. The second-order valence-electron chi connectivity index (χ2n) is 9.03. The van der Waals surface area contributed by atoms with E-state index >= 15 is 0 Å². The number of fused-ring (bicyclic) bond motifs is 1. The van der Waals surface area contributed by atoms with Crippen LogP contribution in [0.4, 0.5) is 0 Å². The van der Waals surface area contributed by atoms with Gasteiger partial charge in [0.05, 0.1) is 0 Å². The Morgan fingerprint density at radius 3 is 1.91 bits per heavy atom. The van der Waals surface area contributed by atoms with Crippen molar-refractivity contribution in [2.24, 2.45) is 29.6 Å². The van der Waals surface area contributed by atoms with Gasteiger partial charge in [-0.05, 0) is 92.4 Å². The molecule has 0 heteroatoms. The molecule has 0 bridgehead atoms. The van der Waals surface area contributed by atoms with Crippen molar-refractivity contribution in [3.63, 3.8) is 0 Å². The lowest BCUT2D eigenvalue weighted by atomic mass is 9.60. The molecule has 0 aliphatic heterocycles. The summed E-state index contributed by atoms with van der Waals surface area (Å²) in [7, 11) is 0. The Balaban J connectivity index is 1.34. The molecule has 126 valence electrons. The summed E-state index contributed by atoms with van der Waals surface area (Å²) in [5.74, 6) is 6.12. The average molecular weight is 311 g/mol. The largest absolute Gasteiger partial charge is 0.0625 e. The Morgan fingerprint density at radius 2 is 1.17 bits per heavy atom. The van der Waals surface area contributed by atoms with Gasteiger partial charge < -0.3 is 0 Å². The molecule has 0 saturated heterocycles. The quantitative estimate of drug-likeness (QED) is 0.562. The summed E-state index contributed by atoms with van der Waals surface area (Å²) in [6.45, 7) is 2.46. The van der Waals surface area contributed by atoms with E-state index in [0.717, 1.165) is 35.5 Å². The Bertz CT molecular complexity index is 482. The number of hydrogen-bond acceptors (Lipinski definition) is 0. The van der Waals surface area contributed by atoms with Gasteiger partial charge in [0, 0.05) is 0 Å². The van der Waals surface area contributed by atoms with E-state index in [-0.39, 0.29) is 0 Å². The summed E-state index contributed by atoms with van der Waals surface area (Å²) in [5.41, 5.74) is 1.61. The maximum atomic E-state index is 2.46. The Labute approximate surface area is 143 Å². The van der Waals surface area contributed by atoms with Gasteiger partial charge in [0.2, 0.25) is 0 Å². The predicted octanol–water partition coefficient (Wildman–Crippen LogP) is 6.81. The van der Waals surface area contributed by atoms with E-state index in [1.807, 2.05) is 0 Å². The number of benzene rings is 1. The van der Waals surface area contributed by atoms with Crippen LogP contribution in [0.2, 0.25) is 0 Å². The molecular formula is C23H34. The molecule has 0 spiro atoms. The van der Waals surface area contributed by atoms with Crippen molar-refractivity contribution in [2.45, 2.75) is 77.0 Å². The average Bonchev–Trinajstić information content (AvgIpc) is 2.62. The molecule has 4 atom stereocenters. The standard InChI is InChI=1S/C23H34/c1-17-7-9-19(10-8-17)21-12-14-22-15-20(11-13-23(22)16-21)18-5-3-2-4-6-18/h2-6,17,19-23H,7-16H2,1H3. The van der Waals surface area contributed by atoms with Crippen molar-refractivity contribution in [3.05, 3.63) is 35.9 Å². The highest BCUT2D eigenvalue weighted by atomic mass is 14.4. The van der Waals surface area contributed by atoms with Gasteiger partial charge in [-0.15, -0.1) is 0 Å². The molecular weight excluding hydrogens is 276 g/mol. The molecule has 0 heterocycles. The van der Waals surface area contributed by atoms with Crippen LogP contribution in [0.3, 0.4) is 0 Å². The third-order valence-electron chi connectivity index (χ3n) is 7.65. The van der Waals surface area contributed by atoms with E-state index in [4.69, 9.17) is 0 Å². The van der Waals surface area contributed by atoms with Crippen molar-refractivity contribution in [2.75, 3.05) is 0 Å². The Kier molecular flexibility index (Phi) is 4.78. The molecule has 0 radical (unpaired) electrons. The molecule has 0 N–H and O–H groups in total. The normalized spacial score (nSPS) is 41.3. The smallest absolute Gasteiger partial charge is 0.0159 e. The highest BCUT2D eigenvalue weighted by Gasteiger charge is 2.38. The first-order valence-corrected chi connectivity index (χ1v) is 10.3. The minimum atomic E-state index is 0.851. The molecule has 4 rings (SSSR count). The highest BCUT2D eigenvalue weighted by Crippen LogP contribution is 2.50. The number of hydrogen-bond donors (Lipinski definition) is 0. The third kappa shape index (κ3) is 3.52. The Morgan fingerprint density at radius 1 is 0.609 bits per heavy atom. The SMILES string of the molecule is CC1CCC(C2CCC3CC(c4ccccc4)CCC3C2)CC1. The van der Waals surface area contributed by atoms with Gasteiger partial charge in [0.25, 0.3) is 0 Å². The van der Waals surface area contributed by atoms with Crippen LogP contribution in [0.15, 0.2) is 30.3 Å². The van der Waals surface area contributed by atoms with Gasteiger partial charge in [-0.3, -0.25) is 0 Å². The van der Waals surface area contributed by atoms with Crippen LogP contribution in [-0.4, -0.2) is 0 Å². The van der Waals surface area contributed by atoms with Crippen LogP contribution in [0.25, 0.3) is 0 Å². The topological polar surface area (TPSA) is 0 Å². The molecule has 0 aromatic heterocycles. The first-order chi connectivity index (χ1) is 11.3. The first kappa shape index (κ1) is 15.7. The third-order valence-corrected chi connectivity index (χ3v) is 7.65. The van der Waals surface area contributed by atoms with Crippen molar-refractivity contribution in [1.29, 1.82) is 0 Å². The van der Waals surface area contributed by atoms with Crippen LogP contribution in [-0.2, 0) is 0 Å². The van der Waals surface area contributed by atoms with Gasteiger partial charge in [-0.1, -0.05) is 50.1 Å². The van der Waals surface area contributed by atoms with Crippen LogP contribution in [0, 0.1) is 29.6 Å². The Hall–Kier alpha value is -0.780. The van der Waals surface area contributed by atoms with Crippen LogP contribution in [0.1, 0.15) is 82.6 Å². The molecule has 0 nitrogen and oxygen atoms in total. The fourth-order valence-electron chi connectivity index (χ4n) is 6.14. The lowest BCUT2D eigenvalue weighted by molar-refractivity contribution is 0.0732. The highest BCUT2D eigenvalue weighted by molar-refractivity contribution is 5.20. The molecule has 3 aliphatic rings. The fraction of sp³-hybridized carbons (Fsp3) is 0.739. The molecule has 0 amide bonds.